The number of amides is 1. The number of rotatable bonds is 6. The number of carbonyl (C=O) groups is 1. The predicted molar refractivity (Wildman–Crippen MR) is 124 cm³/mol. The molecule has 2 saturated heterocycles. The number of anilines is 1. The molecule has 2 aliphatic rings. The quantitative estimate of drug-likeness (QED) is 0.491. The van der Waals surface area contributed by atoms with E-state index in [2.05, 4.69) is 11.0 Å². The average Bonchev–Trinajstić information content (AvgIpc) is 3.00. The predicted octanol–water partition coefficient (Wildman–Crippen LogP) is 2.89. The number of morpholine rings is 1. The minimum Gasteiger partial charge on any atom is -0.378 e. The van der Waals surface area contributed by atoms with Gasteiger partial charge in [0.15, 0.2) is 0 Å². The Balaban J connectivity index is 2.23. The van der Waals surface area contributed by atoms with Crippen molar-refractivity contribution in [1.29, 1.82) is 5.26 Å². The van der Waals surface area contributed by atoms with Crippen molar-refractivity contribution in [2.24, 2.45) is 0 Å². The molecule has 3 heterocycles. The molecule has 1 aromatic heterocycles. The number of hydrogen-bond acceptors (Lipinski definition) is 7. The van der Waals surface area contributed by atoms with Crippen LogP contribution in [0.1, 0.15) is 43.4 Å². The Kier molecular flexibility index (Phi) is 7.34. The lowest BCUT2D eigenvalue weighted by Crippen LogP contribution is -2.41. The van der Waals surface area contributed by atoms with Gasteiger partial charge in [0.25, 0.3) is 11.5 Å². The second kappa shape index (κ2) is 9.77. The maximum Gasteiger partial charge on any atom is 0.270 e. The standard InChI is InChI=1S/C21H26N4O3S2/c1-4-6-24-18(23-8-10-28-11-9-23)15(14(3)16(13-22)19(24)26)12-17-20(27)25(7-5-2)21(29)30-17/h12H,4-11H2,1-3H3. The van der Waals surface area contributed by atoms with Gasteiger partial charge in [0.2, 0.25) is 0 Å². The average molecular weight is 447 g/mol. The minimum absolute atomic E-state index is 0.120. The first kappa shape index (κ1) is 22.5. The van der Waals surface area contributed by atoms with Crippen molar-refractivity contribution in [3.63, 3.8) is 0 Å². The number of thioether (sulfide) groups is 1. The van der Waals surface area contributed by atoms with Crippen molar-refractivity contribution in [2.45, 2.75) is 40.2 Å². The van der Waals surface area contributed by atoms with E-state index in [-0.39, 0.29) is 17.0 Å². The van der Waals surface area contributed by atoms with Gasteiger partial charge in [0.05, 0.1) is 18.1 Å². The Morgan fingerprint density at radius 2 is 1.87 bits per heavy atom. The molecule has 0 saturated carbocycles. The highest BCUT2D eigenvalue weighted by molar-refractivity contribution is 8.26. The molecule has 2 aliphatic heterocycles. The van der Waals surface area contributed by atoms with Gasteiger partial charge in [0, 0.05) is 31.7 Å². The van der Waals surface area contributed by atoms with Crippen molar-refractivity contribution < 1.29 is 9.53 Å². The number of hydrogen-bond donors (Lipinski definition) is 0. The van der Waals surface area contributed by atoms with Crippen molar-refractivity contribution in [3.8, 4) is 6.07 Å². The number of ether oxygens (including phenoxy) is 1. The number of nitrogens with zero attached hydrogens (tertiary/aromatic N) is 4. The first-order chi connectivity index (χ1) is 14.4. The van der Waals surface area contributed by atoms with Gasteiger partial charge in [-0.15, -0.1) is 0 Å². The van der Waals surface area contributed by atoms with Gasteiger partial charge in [-0.25, -0.2) is 0 Å². The Labute approximate surface area is 186 Å². The molecule has 0 atom stereocenters. The van der Waals surface area contributed by atoms with Gasteiger partial charge in [-0.2, -0.15) is 5.26 Å². The first-order valence-electron chi connectivity index (χ1n) is 10.2. The summed E-state index contributed by atoms with van der Waals surface area (Å²) in [5, 5.41) is 9.67. The van der Waals surface area contributed by atoms with Crippen LogP contribution in [0.5, 0.6) is 0 Å². The minimum atomic E-state index is -0.283. The maximum atomic E-state index is 13.1. The molecule has 0 aliphatic carbocycles. The van der Waals surface area contributed by atoms with Crippen molar-refractivity contribution in [3.05, 3.63) is 31.9 Å². The highest BCUT2D eigenvalue weighted by Gasteiger charge is 2.32. The van der Waals surface area contributed by atoms with Crippen LogP contribution in [-0.2, 0) is 16.1 Å². The fraction of sp³-hybridized carbons (Fsp3) is 0.524. The van der Waals surface area contributed by atoms with E-state index in [1.807, 2.05) is 19.9 Å². The highest BCUT2D eigenvalue weighted by Crippen LogP contribution is 2.36. The van der Waals surface area contributed by atoms with Crippen molar-refractivity contribution in [1.82, 2.24) is 9.47 Å². The van der Waals surface area contributed by atoms with E-state index in [4.69, 9.17) is 17.0 Å². The van der Waals surface area contributed by atoms with Gasteiger partial charge in [-0.3, -0.25) is 19.1 Å². The van der Waals surface area contributed by atoms with Crippen LogP contribution in [0.15, 0.2) is 9.70 Å². The molecule has 30 heavy (non-hydrogen) atoms. The Morgan fingerprint density at radius 1 is 1.20 bits per heavy atom. The molecule has 160 valence electrons. The third-order valence-corrected chi connectivity index (χ3v) is 6.58. The summed E-state index contributed by atoms with van der Waals surface area (Å²) in [7, 11) is 0. The molecule has 0 bridgehead atoms. The summed E-state index contributed by atoms with van der Waals surface area (Å²) in [5.41, 5.74) is 1.17. The zero-order valence-corrected chi connectivity index (χ0v) is 19.2. The van der Waals surface area contributed by atoms with E-state index in [0.29, 0.717) is 54.2 Å². The summed E-state index contributed by atoms with van der Waals surface area (Å²) in [6, 6.07) is 2.07. The Bertz CT molecular complexity index is 987. The molecule has 0 spiro atoms. The molecule has 0 radical (unpaired) electrons. The first-order valence-corrected chi connectivity index (χ1v) is 11.4. The van der Waals surface area contributed by atoms with Crippen LogP contribution >= 0.6 is 24.0 Å². The normalized spacial score (nSPS) is 18.4. The largest absolute Gasteiger partial charge is 0.378 e. The summed E-state index contributed by atoms with van der Waals surface area (Å²) < 4.78 is 7.71. The highest BCUT2D eigenvalue weighted by atomic mass is 32.2. The van der Waals surface area contributed by atoms with Gasteiger partial charge >= 0.3 is 0 Å². The molecular weight excluding hydrogens is 420 g/mol. The molecule has 0 unspecified atom stereocenters. The SMILES string of the molecule is CCCN1C(=O)C(=Cc2c(C)c(C#N)c(=O)n(CCC)c2N2CCOCC2)SC1=S. The van der Waals surface area contributed by atoms with E-state index in [0.717, 1.165) is 24.2 Å². The summed E-state index contributed by atoms with van der Waals surface area (Å²) in [4.78, 5) is 30.3. The molecule has 9 heteroatoms. The zero-order valence-electron chi connectivity index (χ0n) is 17.6. The zero-order chi connectivity index (χ0) is 21.8. The van der Waals surface area contributed by atoms with Gasteiger partial charge in [-0.1, -0.05) is 37.8 Å². The third kappa shape index (κ3) is 4.17. The Morgan fingerprint density at radius 3 is 2.47 bits per heavy atom. The lowest BCUT2D eigenvalue weighted by Gasteiger charge is -2.33. The molecule has 2 fully saturated rings. The summed E-state index contributed by atoms with van der Waals surface area (Å²) in [5.74, 6) is 0.633. The van der Waals surface area contributed by atoms with Crippen LogP contribution < -0.4 is 10.5 Å². The van der Waals surface area contributed by atoms with Crippen LogP contribution in [0.2, 0.25) is 0 Å². The number of nitriles is 1. The van der Waals surface area contributed by atoms with Crippen molar-refractivity contribution in [2.75, 3.05) is 37.7 Å². The molecule has 0 N–H and O–H groups in total. The number of pyridine rings is 1. The van der Waals surface area contributed by atoms with Crippen LogP contribution in [0.4, 0.5) is 5.82 Å². The van der Waals surface area contributed by atoms with Crippen LogP contribution in [-0.4, -0.2) is 52.5 Å². The van der Waals surface area contributed by atoms with Gasteiger partial charge in [-0.05, 0) is 31.4 Å². The van der Waals surface area contributed by atoms with Crippen LogP contribution in [0.3, 0.4) is 0 Å². The molecule has 7 nitrogen and oxygen atoms in total. The topological polar surface area (TPSA) is 78.6 Å². The maximum absolute atomic E-state index is 13.1. The molecule has 3 rings (SSSR count). The Hall–Kier alpha value is -2.15. The fourth-order valence-electron chi connectivity index (χ4n) is 3.74. The summed E-state index contributed by atoms with van der Waals surface area (Å²) in [6.45, 7) is 9.28. The van der Waals surface area contributed by atoms with Crippen LogP contribution in [0, 0.1) is 18.3 Å². The second-order valence-corrected chi connectivity index (χ2v) is 8.91. The summed E-state index contributed by atoms with van der Waals surface area (Å²) in [6.07, 6.45) is 3.38. The fourth-order valence-corrected chi connectivity index (χ4v) is 5.03. The molecule has 1 aromatic rings. The number of carbonyl (C=O) groups excluding carboxylic acids is 1. The third-order valence-electron chi connectivity index (χ3n) is 5.20. The van der Waals surface area contributed by atoms with E-state index < -0.39 is 0 Å². The second-order valence-electron chi connectivity index (χ2n) is 7.24. The van der Waals surface area contributed by atoms with E-state index >= 15 is 0 Å². The van der Waals surface area contributed by atoms with Crippen LogP contribution in [0.25, 0.3) is 6.08 Å². The van der Waals surface area contributed by atoms with Crippen molar-refractivity contribution >= 4 is 46.1 Å². The van der Waals surface area contributed by atoms with Gasteiger partial charge in [0.1, 0.15) is 21.8 Å². The van der Waals surface area contributed by atoms with Gasteiger partial charge < -0.3 is 9.64 Å². The van der Waals surface area contributed by atoms with E-state index in [1.165, 1.54) is 11.8 Å². The lowest BCUT2D eigenvalue weighted by molar-refractivity contribution is -0.122. The smallest absolute Gasteiger partial charge is 0.270 e. The number of aromatic nitrogens is 1. The molecule has 0 aromatic carbocycles. The molecular formula is C21H26N4O3S2. The lowest BCUT2D eigenvalue weighted by atomic mass is 10.0. The number of thiocarbonyl (C=S) groups is 1. The molecule has 1 amide bonds. The monoisotopic (exact) mass is 446 g/mol. The summed E-state index contributed by atoms with van der Waals surface area (Å²) >= 11 is 6.67. The van der Waals surface area contributed by atoms with E-state index in [1.54, 1.807) is 16.4 Å². The van der Waals surface area contributed by atoms with E-state index in [9.17, 15) is 14.9 Å².